The van der Waals surface area contributed by atoms with Crippen molar-refractivity contribution in [2.24, 2.45) is 17.3 Å². The fraction of sp³-hybridized carbons (Fsp3) is 0.714. The van der Waals surface area contributed by atoms with Crippen LogP contribution in [0.25, 0.3) is 0 Å². The first-order chi connectivity index (χ1) is 6.85. The monoisotopic (exact) mass is 208 g/mol. The highest BCUT2D eigenvalue weighted by Crippen LogP contribution is 2.45. The molecule has 0 aliphatic heterocycles. The molecule has 1 rings (SSSR count). The first-order valence-electron chi connectivity index (χ1n) is 5.88. The Hall–Kier alpha value is -0.560. The minimum absolute atomic E-state index is 0.296. The van der Waals surface area contributed by atoms with Crippen LogP contribution >= 0.6 is 0 Å². The van der Waals surface area contributed by atoms with Gasteiger partial charge in [0.05, 0.1) is 6.10 Å². The van der Waals surface area contributed by atoms with Gasteiger partial charge in [0, 0.05) is 5.92 Å². The molecule has 1 aliphatic carbocycles. The molecule has 1 nitrogen and oxygen atoms in total. The summed E-state index contributed by atoms with van der Waals surface area (Å²) in [7, 11) is 0. The Morgan fingerprint density at radius 1 is 1.53 bits per heavy atom. The van der Waals surface area contributed by atoms with Gasteiger partial charge in [0.15, 0.2) is 0 Å². The van der Waals surface area contributed by atoms with Crippen molar-refractivity contribution in [2.75, 3.05) is 0 Å². The van der Waals surface area contributed by atoms with Crippen molar-refractivity contribution < 1.29 is 5.11 Å². The van der Waals surface area contributed by atoms with Gasteiger partial charge in [0.1, 0.15) is 0 Å². The fourth-order valence-corrected chi connectivity index (χ4v) is 2.36. The smallest absolute Gasteiger partial charge is 0.0692 e. The molecule has 0 aromatic heterocycles. The van der Waals surface area contributed by atoms with E-state index >= 15 is 0 Å². The average Bonchev–Trinajstić information content (AvgIpc) is 2.11. The molecule has 0 fully saturated rings. The van der Waals surface area contributed by atoms with E-state index in [1.165, 1.54) is 12.0 Å². The van der Waals surface area contributed by atoms with E-state index in [0.717, 1.165) is 0 Å². The topological polar surface area (TPSA) is 20.2 Å². The highest BCUT2D eigenvalue weighted by atomic mass is 16.3. The van der Waals surface area contributed by atoms with Crippen LogP contribution in [-0.2, 0) is 0 Å². The molecule has 0 aromatic carbocycles. The van der Waals surface area contributed by atoms with Gasteiger partial charge in [-0.15, -0.1) is 0 Å². The molecule has 0 radical (unpaired) electrons. The quantitative estimate of drug-likeness (QED) is 0.688. The second kappa shape index (κ2) is 4.52. The van der Waals surface area contributed by atoms with E-state index in [4.69, 9.17) is 0 Å². The van der Waals surface area contributed by atoms with E-state index in [-0.39, 0.29) is 6.10 Å². The molecular formula is C14H24O. The zero-order valence-corrected chi connectivity index (χ0v) is 10.6. The Balaban J connectivity index is 2.92. The highest BCUT2D eigenvalue weighted by Gasteiger charge is 2.36. The van der Waals surface area contributed by atoms with Crippen LogP contribution in [0.5, 0.6) is 0 Å². The maximum Gasteiger partial charge on any atom is 0.0692 e. The number of hydrogen-bond donors (Lipinski definition) is 1. The van der Waals surface area contributed by atoms with Gasteiger partial charge >= 0.3 is 0 Å². The highest BCUT2D eigenvalue weighted by molar-refractivity contribution is 5.20. The van der Waals surface area contributed by atoms with Crippen molar-refractivity contribution in [2.45, 2.75) is 47.1 Å². The van der Waals surface area contributed by atoms with E-state index in [1.807, 2.05) is 6.08 Å². The Bertz CT molecular complexity index is 271. The van der Waals surface area contributed by atoms with Gasteiger partial charge in [-0.05, 0) is 31.6 Å². The number of aliphatic hydroxyl groups excluding tert-OH is 1. The maximum absolute atomic E-state index is 9.30. The first-order valence-corrected chi connectivity index (χ1v) is 5.88. The van der Waals surface area contributed by atoms with Gasteiger partial charge in [-0.1, -0.05) is 44.6 Å². The van der Waals surface area contributed by atoms with Crippen LogP contribution in [0, 0.1) is 17.3 Å². The Labute approximate surface area is 93.9 Å². The SMILES string of the molecule is CC1=CCC(C)C(C)(C)C1C=CC(C)O. The third-order valence-electron chi connectivity index (χ3n) is 3.94. The van der Waals surface area contributed by atoms with Crippen molar-refractivity contribution >= 4 is 0 Å². The molecule has 0 heterocycles. The number of rotatable bonds is 2. The third-order valence-corrected chi connectivity index (χ3v) is 3.94. The van der Waals surface area contributed by atoms with Crippen LogP contribution in [-0.4, -0.2) is 11.2 Å². The van der Waals surface area contributed by atoms with Crippen molar-refractivity contribution in [3.05, 3.63) is 23.8 Å². The van der Waals surface area contributed by atoms with Crippen LogP contribution in [0.3, 0.4) is 0 Å². The summed E-state index contributed by atoms with van der Waals surface area (Å²) in [5.74, 6) is 1.17. The molecule has 0 bridgehead atoms. The summed E-state index contributed by atoms with van der Waals surface area (Å²) in [6.45, 7) is 11.0. The summed E-state index contributed by atoms with van der Waals surface area (Å²) in [4.78, 5) is 0. The first kappa shape index (κ1) is 12.5. The molecule has 3 unspecified atom stereocenters. The van der Waals surface area contributed by atoms with Gasteiger partial charge in [-0.3, -0.25) is 0 Å². The molecule has 0 aromatic rings. The molecule has 1 N–H and O–H groups in total. The van der Waals surface area contributed by atoms with Gasteiger partial charge in [-0.25, -0.2) is 0 Å². The summed E-state index contributed by atoms with van der Waals surface area (Å²) >= 11 is 0. The summed E-state index contributed by atoms with van der Waals surface area (Å²) in [6, 6.07) is 0. The standard InChI is InChI=1S/C14H24O/c1-10-6-7-11(2)14(4,5)13(10)9-8-12(3)15/h6,8-9,11-13,15H,7H2,1-5H3. The summed E-state index contributed by atoms with van der Waals surface area (Å²) in [6.07, 6.45) is 7.25. The molecule has 3 atom stereocenters. The molecular weight excluding hydrogens is 184 g/mol. The second-order valence-corrected chi connectivity index (χ2v) is 5.51. The summed E-state index contributed by atoms with van der Waals surface area (Å²) in [5.41, 5.74) is 1.74. The third kappa shape index (κ3) is 2.72. The number of allylic oxidation sites excluding steroid dienone is 3. The molecule has 0 amide bonds. The van der Waals surface area contributed by atoms with Crippen LogP contribution in [0.1, 0.15) is 41.0 Å². The lowest BCUT2D eigenvalue weighted by Crippen LogP contribution is -2.33. The average molecular weight is 208 g/mol. The van der Waals surface area contributed by atoms with E-state index in [2.05, 4.69) is 39.8 Å². The molecule has 15 heavy (non-hydrogen) atoms. The van der Waals surface area contributed by atoms with Crippen molar-refractivity contribution in [3.63, 3.8) is 0 Å². The normalized spacial score (nSPS) is 32.8. The van der Waals surface area contributed by atoms with E-state index in [0.29, 0.717) is 17.3 Å². The van der Waals surface area contributed by atoms with Crippen LogP contribution in [0.15, 0.2) is 23.8 Å². The second-order valence-electron chi connectivity index (χ2n) is 5.51. The predicted molar refractivity (Wildman–Crippen MR) is 65.6 cm³/mol. The Morgan fingerprint density at radius 2 is 2.13 bits per heavy atom. The predicted octanol–water partition coefficient (Wildman–Crippen LogP) is 3.55. The minimum Gasteiger partial charge on any atom is -0.389 e. The fourth-order valence-electron chi connectivity index (χ4n) is 2.36. The largest absolute Gasteiger partial charge is 0.389 e. The zero-order valence-electron chi connectivity index (χ0n) is 10.6. The summed E-state index contributed by atoms with van der Waals surface area (Å²) in [5, 5.41) is 9.30. The maximum atomic E-state index is 9.30. The van der Waals surface area contributed by atoms with E-state index in [9.17, 15) is 5.11 Å². The van der Waals surface area contributed by atoms with Gasteiger partial charge < -0.3 is 5.11 Å². The van der Waals surface area contributed by atoms with Crippen LogP contribution < -0.4 is 0 Å². The van der Waals surface area contributed by atoms with Crippen LogP contribution in [0.4, 0.5) is 0 Å². The van der Waals surface area contributed by atoms with Gasteiger partial charge in [-0.2, -0.15) is 0 Å². The molecule has 1 aliphatic rings. The lowest BCUT2D eigenvalue weighted by Gasteiger charge is -2.42. The zero-order chi connectivity index (χ0) is 11.6. The van der Waals surface area contributed by atoms with Crippen molar-refractivity contribution in [1.29, 1.82) is 0 Å². The Morgan fingerprint density at radius 3 is 2.67 bits per heavy atom. The van der Waals surface area contributed by atoms with Crippen molar-refractivity contribution in [1.82, 2.24) is 0 Å². The number of hydrogen-bond acceptors (Lipinski definition) is 1. The molecule has 0 spiro atoms. The molecule has 86 valence electrons. The molecule has 0 saturated carbocycles. The van der Waals surface area contributed by atoms with E-state index < -0.39 is 0 Å². The van der Waals surface area contributed by atoms with Crippen LogP contribution in [0.2, 0.25) is 0 Å². The van der Waals surface area contributed by atoms with E-state index in [1.54, 1.807) is 6.92 Å². The lowest BCUT2D eigenvalue weighted by molar-refractivity contribution is 0.166. The minimum atomic E-state index is -0.342. The molecule has 0 saturated heterocycles. The van der Waals surface area contributed by atoms with Gasteiger partial charge in [0.2, 0.25) is 0 Å². The molecule has 1 heteroatoms. The number of aliphatic hydroxyl groups is 1. The van der Waals surface area contributed by atoms with Gasteiger partial charge in [0.25, 0.3) is 0 Å². The summed E-state index contributed by atoms with van der Waals surface area (Å²) < 4.78 is 0. The Kier molecular flexibility index (Phi) is 3.77. The lowest BCUT2D eigenvalue weighted by atomic mass is 9.63. The van der Waals surface area contributed by atoms with Crippen molar-refractivity contribution in [3.8, 4) is 0 Å².